The molecule has 0 aromatic carbocycles. The molecule has 1 aliphatic heterocycles. The molecule has 3 aliphatic rings. The summed E-state index contributed by atoms with van der Waals surface area (Å²) in [5.74, 6) is 2.56. The highest BCUT2D eigenvalue weighted by atomic mass is 16.7. The van der Waals surface area contributed by atoms with Crippen molar-refractivity contribution in [3.05, 3.63) is 11.6 Å². The third kappa shape index (κ3) is 1.43. The van der Waals surface area contributed by atoms with Crippen LogP contribution in [0.2, 0.25) is 0 Å². The van der Waals surface area contributed by atoms with Gasteiger partial charge in [-0.1, -0.05) is 11.6 Å². The van der Waals surface area contributed by atoms with Gasteiger partial charge >= 0.3 is 0 Å². The number of hydrogen-bond donors (Lipinski definition) is 0. The maximum atomic E-state index is 5.80. The molecule has 0 aromatic rings. The van der Waals surface area contributed by atoms with Crippen molar-refractivity contribution >= 4 is 0 Å². The van der Waals surface area contributed by atoms with Crippen LogP contribution < -0.4 is 0 Å². The number of rotatable bonds is 1. The predicted molar refractivity (Wildman–Crippen MR) is 61.7 cm³/mol. The minimum atomic E-state index is -0.297. The predicted octanol–water partition coefficient (Wildman–Crippen LogP) is 2.64. The monoisotopic (exact) mass is 218 g/mol. The Labute approximate surface area is 97.0 Å². The molecular formula is C14H18O2. The van der Waals surface area contributed by atoms with E-state index in [-0.39, 0.29) is 11.2 Å². The van der Waals surface area contributed by atoms with Crippen molar-refractivity contribution in [2.75, 3.05) is 13.2 Å². The quantitative estimate of drug-likeness (QED) is 0.497. The molecule has 0 N–H and O–H groups in total. The lowest BCUT2D eigenvalue weighted by molar-refractivity contribution is -0.176. The van der Waals surface area contributed by atoms with Crippen LogP contribution in [-0.4, -0.2) is 19.0 Å². The second kappa shape index (κ2) is 3.61. The molecule has 2 heteroatoms. The van der Waals surface area contributed by atoms with E-state index in [1.807, 2.05) is 0 Å². The smallest absolute Gasteiger partial charge is 0.172 e. The van der Waals surface area contributed by atoms with Gasteiger partial charge in [0.25, 0.3) is 0 Å². The maximum absolute atomic E-state index is 5.80. The fourth-order valence-corrected chi connectivity index (χ4v) is 3.48. The molecule has 1 spiro atoms. The lowest BCUT2D eigenvalue weighted by atomic mass is 9.67. The first-order chi connectivity index (χ1) is 7.79. The van der Waals surface area contributed by atoms with Gasteiger partial charge in [0.1, 0.15) is 0 Å². The summed E-state index contributed by atoms with van der Waals surface area (Å²) in [6, 6.07) is 0. The van der Waals surface area contributed by atoms with Gasteiger partial charge < -0.3 is 9.47 Å². The Balaban J connectivity index is 1.83. The third-order valence-electron chi connectivity index (χ3n) is 4.39. The molecule has 86 valence electrons. The van der Waals surface area contributed by atoms with Crippen molar-refractivity contribution in [3.63, 3.8) is 0 Å². The summed E-state index contributed by atoms with van der Waals surface area (Å²) >= 11 is 0. The standard InChI is InChI=1S/C14H18O2/c1-2-5-13-6-3-4-12(13)11-14(8-7-13)15-9-10-16-14/h1,4H,3,5-11H2/t13-/m1/s1. The first-order valence-corrected chi connectivity index (χ1v) is 6.20. The summed E-state index contributed by atoms with van der Waals surface area (Å²) in [6.45, 7) is 1.49. The Morgan fingerprint density at radius 2 is 2.06 bits per heavy atom. The minimum Gasteiger partial charge on any atom is -0.347 e. The fourth-order valence-electron chi connectivity index (χ4n) is 3.48. The molecule has 0 bridgehead atoms. The first kappa shape index (κ1) is 10.4. The zero-order chi connectivity index (χ0) is 11.1. The normalized spacial score (nSPS) is 35.8. The highest BCUT2D eigenvalue weighted by Crippen LogP contribution is 2.55. The zero-order valence-corrected chi connectivity index (χ0v) is 9.63. The maximum Gasteiger partial charge on any atom is 0.172 e. The van der Waals surface area contributed by atoms with E-state index in [0.29, 0.717) is 0 Å². The molecule has 2 nitrogen and oxygen atoms in total. The van der Waals surface area contributed by atoms with Gasteiger partial charge in [0, 0.05) is 24.7 Å². The van der Waals surface area contributed by atoms with Gasteiger partial charge in [0.15, 0.2) is 5.79 Å². The number of ether oxygens (including phenoxy) is 2. The molecule has 0 aromatic heterocycles. The van der Waals surface area contributed by atoms with Crippen molar-refractivity contribution in [2.45, 2.75) is 44.3 Å². The average molecular weight is 218 g/mol. The molecule has 1 atom stereocenters. The van der Waals surface area contributed by atoms with E-state index in [1.165, 1.54) is 18.4 Å². The van der Waals surface area contributed by atoms with Crippen LogP contribution in [0, 0.1) is 17.8 Å². The Bertz CT molecular complexity index is 357. The summed E-state index contributed by atoms with van der Waals surface area (Å²) in [7, 11) is 0. The van der Waals surface area contributed by atoms with Crippen LogP contribution in [0.15, 0.2) is 11.6 Å². The number of terminal acetylenes is 1. The fraction of sp³-hybridized carbons (Fsp3) is 0.714. The molecule has 1 saturated carbocycles. The third-order valence-corrected chi connectivity index (χ3v) is 4.39. The number of hydrogen-bond acceptors (Lipinski definition) is 2. The molecule has 0 amide bonds. The summed E-state index contributed by atoms with van der Waals surface area (Å²) < 4.78 is 11.6. The zero-order valence-electron chi connectivity index (χ0n) is 9.63. The van der Waals surface area contributed by atoms with Gasteiger partial charge in [0.05, 0.1) is 13.2 Å². The van der Waals surface area contributed by atoms with Crippen LogP contribution >= 0.6 is 0 Å². The summed E-state index contributed by atoms with van der Waals surface area (Å²) in [4.78, 5) is 0. The van der Waals surface area contributed by atoms with Crippen LogP contribution in [0.25, 0.3) is 0 Å². The van der Waals surface area contributed by atoms with Crippen LogP contribution in [0.1, 0.15) is 38.5 Å². The molecule has 3 rings (SSSR count). The molecule has 2 fully saturated rings. The highest BCUT2D eigenvalue weighted by molar-refractivity contribution is 5.27. The van der Waals surface area contributed by atoms with Gasteiger partial charge in [-0.2, -0.15) is 0 Å². The van der Waals surface area contributed by atoms with Crippen molar-refractivity contribution in [1.29, 1.82) is 0 Å². The van der Waals surface area contributed by atoms with E-state index < -0.39 is 0 Å². The van der Waals surface area contributed by atoms with Crippen molar-refractivity contribution < 1.29 is 9.47 Å². The highest BCUT2D eigenvalue weighted by Gasteiger charge is 2.49. The van der Waals surface area contributed by atoms with E-state index in [0.717, 1.165) is 38.9 Å². The van der Waals surface area contributed by atoms with E-state index >= 15 is 0 Å². The van der Waals surface area contributed by atoms with Gasteiger partial charge in [-0.15, -0.1) is 12.3 Å². The van der Waals surface area contributed by atoms with Crippen LogP contribution in [0.4, 0.5) is 0 Å². The van der Waals surface area contributed by atoms with Crippen LogP contribution in [0.5, 0.6) is 0 Å². The Hall–Kier alpha value is -0.780. The summed E-state index contributed by atoms with van der Waals surface area (Å²) in [5, 5.41) is 0. The molecule has 16 heavy (non-hydrogen) atoms. The first-order valence-electron chi connectivity index (χ1n) is 6.20. The topological polar surface area (TPSA) is 18.5 Å². The lowest BCUT2D eigenvalue weighted by Gasteiger charge is -2.43. The molecule has 1 saturated heterocycles. The van der Waals surface area contributed by atoms with E-state index in [1.54, 1.807) is 0 Å². The Morgan fingerprint density at radius 1 is 1.25 bits per heavy atom. The molecule has 0 radical (unpaired) electrons. The molecular weight excluding hydrogens is 200 g/mol. The van der Waals surface area contributed by atoms with E-state index in [9.17, 15) is 0 Å². The van der Waals surface area contributed by atoms with Crippen molar-refractivity contribution in [3.8, 4) is 12.3 Å². The van der Waals surface area contributed by atoms with Crippen LogP contribution in [0.3, 0.4) is 0 Å². The largest absolute Gasteiger partial charge is 0.347 e. The van der Waals surface area contributed by atoms with Gasteiger partial charge in [-0.3, -0.25) is 0 Å². The van der Waals surface area contributed by atoms with E-state index in [2.05, 4.69) is 12.0 Å². The average Bonchev–Trinajstić information content (AvgIpc) is 2.88. The lowest BCUT2D eigenvalue weighted by Crippen LogP contribution is -2.40. The summed E-state index contributed by atoms with van der Waals surface area (Å²) in [5.41, 5.74) is 1.79. The Morgan fingerprint density at radius 3 is 2.81 bits per heavy atom. The molecule has 2 aliphatic carbocycles. The van der Waals surface area contributed by atoms with Crippen molar-refractivity contribution in [2.24, 2.45) is 5.41 Å². The number of allylic oxidation sites excluding steroid dienone is 1. The van der Waals surface area contributed by atoms with Gasteiger partial charge in [-0.25, -0.2) is 0 Å². The SMILES string of the molecule is C#CC[C@]12CCC=C1CC1(CC2)OCCO1. The molecule has 0 unspecified atom stereocenters. The van der Waals surface area contributed by atoms with Crippen LogP contribution in [-0.2, 0) is 9.47 Å². The number of fused-ring (bicyclic) bond motifs is 1. The van der Waals surface area contributed by atoms with E-state index in [4.69, 9.17) is 15.9 Å². The second-order valence-corrected chi connectivity index (χ2v) is 5.21. The second-order valence-electron chi connectivity index (χ2n) is 5.21. The van der Waals surface area contributed by atoms with Gasteiger partial charge in [-0.05, 0) is 19.3 Å². The van der Waals surface area contributed by atoms with Gasteiger partial charge in [0.2, 0.25) is 0 Å². The van der Waals surface area contributed by atoms with Crippen molar-refractivity contribution in [1.82, 2.24) is 0 Å². The minimum absolute atomic E-state index is 0.287. The Kier molecular flexibility index (Phi) is 2.34. The molecule has 1 heterocycles. The summed E-state index contributed by atoms with van der Waals surface area (Å²) in [6.07, 6.45) is 14.2.